The van der Waals surface area contributed by atoms with E-state index in [2.05, 4.69) is 0 Å². The molecule has 4 nitrogen and oxygen atoms in total. The first-order chi connectivity index (χ1) is 9.84. The molecule has 3 rings (SSSR count). The molecule has 1 heterocycles. The van der Waals surface area contributed by atoms with Crippen molar-refractivity contribution in [3.8, 4) is 5.75 Å². The highest BCUT2D eigenvalue weighted by Gasteiger charge is 2.34. The lowest BCUT2D eigenvalue weighted by Crippen LogP contribution is -2.32. The molecule has 1 aliphatic rings. The lowest BCUT2D eigenvalue weighted by Gasteiger charge is -2.14. The minimum absolute atomic E-state index is 0.0628. The van der Waals surface area contributed by atoms with Gasteiger partial charge in [0.2, 0.25) is 0 Å². The summed E-state index contributed by atoms with van der Waals surface area (Å²) in [5.41, 5.74) is 0.847. The van der Waals surface area contributed by atoms with Crippen molar-refractivity contribution in [2.24, 2.45) is 0 Å². The van der Waals surface area contributed by atoms with Gasteiger partial charge in [-0.25, -0.2) is 0 Å². The van der Waals surface area contributed by atoms with Crippen LogP contribution < -0.4 is 9.64 Å². The molecule has 0 spiro atoms. The third kappa shape index (κ3) is 2.65. The van der Waals surface area contributed by atoms with E-state index in [0.717, 1.165) is 11.4 Å². The van der Waals surface area contributed by atoms with Crippen molar-refractivity contribution >= 4 is 11.6 Å². The van der Waals surface area contributed by atoms with Crippen molar-refractivity contribution in [2.45, 2.75) is 6.10 Å². The molecular weight excluding hydrogens is 254 g/mol. The van der Waals surface area contributed by atoms with Crippen molar-refractivity contribution in [1.29, 1.82) is 0 Å². The van der Waals surface area contributed by atoms with Crippen molar-refractivity contribution in [1.82, 2.24) is 0 Å². The number of hydrogen-bond acceptors (Lipinski definition) is 3. The maximum absolute atomic E-state index is 12.2. The van der Waals surface area contributed by atoms with E-state index < -0.39 is 6.10 Å². The number of amides is 1. The molecule has 4 heteroatoms. The standard InChI is InChI=1S/C16H15NO3/c18-16-15(11-19-14-9-5-2-6-10-14)20-12-17(16)13-7-3-1-4-8-13/h1-10,15H,11-12H2. The quantitative estimate of drug-likeness (QED) is 0.855. The first-order valence-electron chi connectivity index (χ1n) is 6.50. The summed E-state index contributed by atoms with van der Waals surface area (Å²) in [7, 11) is 0. The number of carbonyl (C=O) groups is 1. The van der Waals surface area contributed by atoms with Gasteiger partial charge in [-0.15, -0.1) is 0 Å². The monoisotopic (exact) mass is 269 g/mol. The van der Waals surface area contributed by atoms with E-state index in [9.17, 15) is 4.79 Å². The zero-order valence-corrected chi connectivity index (χ0v) is 10.9. The van der Waals surface area contributed by atoms with Gasteiger partial charge >= 0.3 is 0 Å². The Labute approximate surface area is 117 Å². The number of hydrogen-bond donors (Lipinski definition) is 0. The average Bonchev–Trinajstić information content (AvgIpc) is 2.88. The topological polar surface area (TPSA) is 38.8 Å². The third-order valence-electron chi connectivity index (χ3n) is 3.16. The van der Waals surface area contributed by atoms with Crippen LogP contribution in [0.5, 0.6) is 5.75 Å². The number of rotatable bonds is 4. The Hall–Kier alpha value is -2.33. The van der Waals surface area contributed by atoms with Crippen LogP contribution in [-0.4, -0.2) is 25.3 Å². The van der Waals surface area contributed by atoms with E-state index >= 15 is 0 Å². The molecule has 0 radical (unpaired) electrons. The van der Waals surface area contributed by atoms with Gasteiger partial charge in [-0.1, -0.05) is 36.4 Å². The smallest absolute Gasteiger partial charge is 0.261 e. The van der Waals surface area contributed by atoms with Gasteiger partial charge in [0.1, 0.15) is 19.1 Å². The highest BCUT2D eigenvalue weighted by Crippen LogP contribution is 2.21. The highest BCUT2D eigenvalue weighted by molar-refractivity contribution is 5.98. The van der Waals surface area contributed by atoms with Crippen LogP contribution in [-0.2, 0) is 9.53 Å². The van der Waals surface area contributed by atoms with Gasteiger partial charge in [-0.2, -0.15) is 0 Å². The van der Waals surface area contributed by atoms with E-state index in [0.29, 0.717) is 0 Å². The first kappa shape index (κ1) is 12.7. The zero-order valence-electron chi connectivity index (χ0n) is 10.9. The molecule has 1 unspecified atom stereocenters. The molecule has 2 aromatic rings. The maximum Gasteiger partial charge on any atom is 0.261 e. The number of benzene rings is 2. The third-order valence-corrected chi connectivity index (χ3v) is 3.16. The number of ether oxygens (including phenoxy) is 2. The molecule has 0 saturated carbocycles. The summed E-state index contributed by atoms with van der Waals surface area (Å²) >= 11 is 0. The first-order valence-corrected chi connectivity index (χ1v) is 6.50. The molecular formula is C16H15NO3. The highest BCUT2D eigenvalue weighted by atomic mass is 16.6. The van der Waals surface area contributed by atoms with Crippen LogP contribution >= 0.6 is 0 Å². The van der Waals surface area contributed by atoms with E-state index in [1.807, 2.05) is 60.7 Å². The molecule has 20 heavy (non-hydrogen) atoms. The van der Waals surface area contributed by atoms with E-state index in [4.69, 9.17) is 9.47 Å². The Kier molecular flexibility index (Phi) is 3.65. The predicted octanol–water partition coefficient (Wildman–Crippen LogP) is 2.45. The van der Waals surface area contributed by atoms with E-state index in [1.54, 1.807) is 4.90 Å². The summed E-state index contributed by atoms with van der Waals surface area (Å²) in [6.07, 6.45) is -0.546. The van der Waals surface area contributed by atoms with Crippen LogP contribution in [0.2, 0.25) is 0 Å². The van der Waals surface area contributed by atoms with Crippen molar-refractivity contribution in [2.75, 3.05) is 18.2 Å². The summed E-state index contributed by atoms with van der Waals surface area (Å²) in [6.45, 7) is 0.498. The van der Waals surface area contributed by atoms with Gasteiger partial charge in [0.25, 0.3) is 5.91 Å². The Morgan fingerprint density at radius 1 is 1.05 bits per heavy atom. The zero-order chi connectivity index (χ0) is 13.8. The minimum Gasteiger partial charge on any atom is -0.490 e. The summed E-state index contributed by atoms with van der Waals surface area (Å²) in [5.74, 6) is 0.675. The van der Waals surface area contributed by atoms with Crippen LogP contribution in [0.1, 0.15) is 0 Å². The molecule has 2 aromatic carbocycles. The molecule has 1 aliphatic heterocycles. The van der Waals surface area contributed by atoms with Gasteiger partial charge < -0.3 is 9.47 Å². The van der Waals surface area contributed by atoms with Crippen LogP contribution in [0.4, 0.5) is 5.69 Å². The fourth-order valence-electron chi connectivity index (χ4n) is 2.09. The molecule has 0 aliphatic carbocycles. The molecule has 102 valence electrons. The Balaban J connectivity index is 1.62. The fourth-order valence-corrected chi connectivity index (χ4v) is 2.09. The summed E-state index contributed by atoms with van der Waals surface area (Å²) in [4.78, 5) is 13.9. The second-order valence-corrected chi connectivity index (χ2v) is 4.51. The lowest BCUT2D eigenvalue weighted by molar-refractivity contribution is -0.123. The van der Waals surface area contributed by atoms with Gasteiger partial charge in [0.15, 0.2) is 6.10 Å². The van der Waals surface area contributed by atoms with Gasteiger partial charge in [-0.3, -0.25) is 9.69 Å². The average molecular weight is 269 g/mol. The largest absolute Gasteiger partial charge is 0.490 e. The Morgan fingerprint density at radius 2 is 1.70 bits per heavy atom. The normalized spacial score (nSPS) is 18.3. The molecule has 1 atom stereocenters. The fraction of sp³-hybridized carbons (Fsp3) is 0.188. The Bertz CT molecular complexity index is 571. The second kappa shape index (κ2) is 5.75. The van der Waals surface area contributed by atoms with Crippen LogP contribution in [0.3, 0.4) is 0 Å². The number of carbonyl (C=O) groups excluding carboxylic acids is 1. The maximum atomic E-state index is 12.2. The number of para-hydroxylation sites is 2. The number of anilines is 1. The summed E-state index contributed by atoms with van der Waals surface area (Å²) < 4.78 is 11.1. The van der Waals surface area contributed by atoms with Crippen LogP contribution in [0.15, 0.2) is 60.7 Å². The molecule has 0 aromatic heterocycles. The van der Waals surface area contributed by atoms with Crippen molar-refractivity contribution < 1.29 is 14.3 Å². The van der Waals surface area contributed by atoms with Crippen molar-refractivity contribution in [3.63, 3.8) is 0 Å². The van der Waals surface area contributed by atoms with E-state index in [-0.39, 0.29) is 19.2 Å². The summed E-state index contributed by atoms with van der Waals surface area (Å²) in [5, 5.41) is 0. The molecule has 1 amide bonds. The van der Waals surface area contributed by atoms with Crippen LogP contribution in [0, 0.1) is 0 Å². The molecule has 1 fully saturated rings. The second-order valence-electron chi connectivity index (χ2n) is 4.51. The lowest BCUT2D eigenvalue weighted by atomic mass is 10.2. The predicted molar refractivity (Wildman–Crippen MR) is 75.6 cm³/mol. The molecule has 0 bridgehead atoms. The Morgan fingerprint density at radius 3 is 2.40 bits per heavy atom. The molecule has 1 saturated heterocycles. The SMILES string of the molecule is O=C1C(COc2ccccc2)OCN1c1ccccc1. The van der Waals surface area contributed by atoms with Crippen molar-refractivity contribution in [3.05, 3.63) is 60.7 Å². The minimum atomic E-state index is -0.546. The summed E-state index contributed by atoms with van der Waals surface area (Å²) in [6, 6.07) is 18.9. The molecule has 0 N–H and O–H groups in total. The van der Waals surface area contributed by atoms with Crippen LogP contribution in [0.25, 0.3) is 0 Å². The van der Waals surface area contributed by atoms with Gasteiger partial charge in [0.05, 0.1) is 0 Å². The number of nitrogens with zero attached hydrogens (tertiary/aromatic N) is 1. The van der Waals surface area contributed by atoms with Gasteiger partial charge in [0, 0.05) is 5.69 Å². The van der Waals surface area contributed by atoms with E-state index in [1.165, 1.54) is 0 Å². The van der Waals surface area contributed by atoms with Gasteiger partial charge in [-0.05, 0) is 24.3 Å².